The van der Waals surface area contributed by atoms with Crippen LogP contribution < -0.4 is 10.1 Å². The van der Waals surface area contributed by atoms with Gasteiger partial charge in [-0.15, -0.1) is 5.10 Å². The number of halogens is 2. The third kappa shape index (κ3) is 2.45. The number of aryl methyl sites for hydroxylation is 1. The van der Waals surface area contributed by atoms with Crippen molar-refractivity contribution in [3.8, 4) is 5.75 Å². The van der Waals surface area contributed by atoms with Crippen LogP contribution in [0.25, 0.3) is 0 Å². The second-order valence-electron chi connectivity index (χ2n) is 4.55. The average Bonchev–Trinajstić information content (AvgIpc) is 3.10. The van der Waals surface area contributed by atoms with E-state index in [1.165, 1.54) is 10.9 Å². The fraction of sp³-hybridized carbons (Fsp3) is 0.308. The quantitative estimate of drug-likeness (QED) is 0.940. The molecule has 2 heterocycles. The van der Waals surface area contributed by atoms with Gasteiger partial charge in [-0.2, -0.15) is 0 Å². The Labute approximate surface area is 131 Å². The minimum atomic E-state index is -0.275. The number of fused-ring (bicyclic) bond motifs is 1. The highest BCUT2D eigenvalue weighted by atomic mass is 35.5. The van der Waals surface area contributed by atoms with E-state index in [1.54, 1.807) is 12.1 Å². The summed E-state index contributed by atoms with van der Waals surface area (Å²) in [7, 11) is 0. The molecule has 2 aromatic rings. The Balaban J connectivity index is 1.83. The van der Waals surface area contributed by atoms with Crippen LogP contribution in [0.5, 0.6) is 5.75 Å². The number of hydrogen-bond acceptors (Lipinski definition) is 4. The topological polar surface area (TPSA) is 69.0 Å². The van der Waals surface area contributed by atoms with Crippen molar-refractivity contribution in [2.75, 3.05) is 6.61 Å². The molecule has 1 aliphatic heterocycles. The van der Waals surface area contributed by atoms with Gasteiger partial charge in [0, 0.05) is 12.1 Å². The number of nitrogens with one attached hydrogen (secondary N) is 1. The molecular weight excluding hydrogens is 315 g/mol. The molecule has 0 radical (unpaired) electrons. The van der Waals surface area contributed by atoms with Crippen LogP contribution in [0, 0.1) is 0 Å². The molecule has 1 aromatic carbocycles. The molecular formula is C13H12Cl2N4O2. The van der Waals surface area contributed by atoms with Crippen LogP contribution in [-0.4, -0.2) is 27.5 Å². The van der Waals surface area contributed by atoms with Crippen molar-refractivity contribution in [3.63, 3.8) is 0 Å². The highest BCUT2D eigenvalue weighted by molar-refractivity contribution is 6.43. The van der Waals surface area contributed by atoms with Gasteiger partial charge in [0.05, 0.1) is 17.3 Å². The maximum atomic E-state index is 12.3. The second-order valence-corrected chi connectivity index (χ2v) is 5.34. The van der Waals surface area contributed by atoms with Crippen LogP contribution in [0.1, 0.15) is 29.0 Å². The van der Waals surface area contributed by atoms with E-state index in [4.69, 9.17) is 27.9 Å². The van der Waals surface area contributed by atoms with Gasteiger partial charge in [0.15, 0.2) is 0 Å². The molecule has 0 fully saturated rings. The van der Waals surface area contributed by atoms with Crippen molar-refractivity contribution in [1.29, 1.82) is 0 Å². The van der Waals surface area contributed by atoms with Gasteiger partial charge in [0.2, 0.25) is 0 Å². The molecule has 0 spiro atoms. The first kappa shape index (κ1) is 14.2. The molecule has 1 N–H and O–H groups in total. The number of aromatic nitrogens is 3. The lowest BCUT2D eigenvalue weighted by Gasteiger charge is -2.12. The Kier molecular flexibility index (Phi) is 3.73. The summed E-state index contributed by atoms with van der Waals surface area (Å²) in [6.45, 7) is 2.78. The second kappa shape index (κ2) is 5.54. The van der Waals surface area contributed by atoms with Crippen molar-refractivity contribution in [1.82, 2.24) is 20.3 Å². The van der Waals surface area contributed by atoms with Crippen LogP contribution in [0.3, 0.4) is 0 Å². The molecule has 0 aliphatic carbocycles. The van der Waals surface area contributed by atoms with E-state index in [-0.39, 0.29) is 11.9 Å². The predicted molar refractivity (Wildman–Crippen MR) is 77.9 cm³/mol. The van der Waals surface area contributed by atoms with Gasteiger partial charge in [-0.3, -0.25) is 4.79 Å². The van der Waals surface area contributed by atoms with Crippen LogP contribution in [0.4, 0.5) is 0 Å². The number of amides is 1. The number of hydrogen-bond donors (Lipinski definition) is 1. The SMILES string of the molecule is CCn1nncc1C(=O)N[C@H]1COc2c1ccc(Cl)c2Cl. The number of rotatable bonds is 3. The fourth-order valence-corrected chi connectivity index (χ4v) is 2.62. The van der Waals surface area contributed by atoms with E-state index >= 15 is 0 Å². The third-order valence-electron chi connectivity index (χ3n) is 3.31. The van der Waals surface area contributed by atoms with Crippen molar-refractivity contribution < 1.29 is 9.53 Å². The van der Waals surface area contributed by atoms with Gasteiger partial charge >= 0.3 is 0 Å². The summed E-state index contributed by atoms with van der Waals surface area (Å²) in [6, 6.07) is 3.22. The van der Waals surface area contributed by atoms with E-state index in [0.717, 1.165) is 5.56 Å². The number of benzene rings is 1. The van der Waals surface area contributed by atoms with E-state index in [0.29, 0.717) is 34.6 Å². The summed E-state index contributed by atoms with van der Waals surface area (Å²) >= 11 is 12.0. The molecule has 0 bridgehead atoms. The first-order chi connectivity index (χ1) is 10.1. The van der Waals surface area contributed by atoms with Gasteiger partial charge in [-0.25, -0.2) is 4.68 Å². The molecule has 1 amide bonds. The Bertz CT molecular complexity index is 701. The molecule has 1 aliphatic rings. The van der Waals surface area contributed by atoms with E-state index in [1.807, 2.05) is 6.92 Å². The summed E-state index contributed by atoms with van der Waals surface area (Å²) < 4.78 is 7.06. The Morgan fingerprint density at radius 3 is 3.10 bits per heavy atom. The lowest BCUT2D eigenvalue weighted by Crippen LogP contribution is -2.31. The molecule has 8 heteroatoms. The highest BCUT2D eigenvalue weighted by Gasteiger charge is 2.29. The molecule has 6 nitrogen and oxygen atoms in total. The largest absolute Gasteiger partial charge is 0.489 e. The molecule has 0 saturated heterocycles. The first-order valence-electron chi connectivity index (χ1n) is 6.41. The van der Waals surface area contributed by atoms with Crippen molar-refractivity contribution in [2.45, 2.75) is 19.5 Å². The zero-order chi connectivity index (χ0) is 15.0. The predicted octanol–water partition coefficient (Wildman–Crippen LogP) is 2.47. The zero-order valence-corrected chi connectivity index (χ0v) is 12.6. The highest BCUT2D eigenvalue weighted by Crippen LogP contribution is 2.42. The molecule has 0 unspecified atom stereocenters. The normalized spacial score (nSPS) is 16.4. The summed E-state index contributed by atoms with van der Waals surface area (Å²) in [6.07, 6.45) is 1.43. The van der Waals surface area contributed by atoms with Crippen molar-refractivity contribution in [3.05, 3.63) is 39.6 Å². The summed E-state index contributed by atoms with van der Waals surface area (Å²) in [5.41, 5.74) is 1.22. The van der Waals surface area contributed by atoms with Gasteiger partial charge in [-0.05, 0) is 13.0 Å². The van der Waals surface area contributed by atoms with E-state index in [2.05, 4.69) is 15.6 Å². The maximum absolute atomic E-state index is 12.3. The number of nitrogens with zero attached hydrogens (tertiary/aromatic N) is 3. The van der Waals surface area contributed by atoms with Gasteiger partial charge in [0.25, 0.3) is 5.91 Å². The first-order valence-corrected chi connectivity index (χ1v) is 7.17. The monoisotopic (exact) mass is 326 g/mol. The van der Waals surface area contributed by atoms with Gasteiger partial charge < -0.3 is 10.1 Å². The fourth-order valence-electron chi connectivity index (χ4n) is 2.24. The molecule has 110 valence electrons. The van der Waals surface area contributed by atoms with Crippen LogP contribution >= 0.6 is 23.2 Å². The lowest BCUT2D eigenvalue weighted by atomic mass is 10.1. The number of carbonyl (C=O) groups excluding carboxylic acids is 1. The van der Waals surface area contributed by atoms with Gasteiger partial charge in [-0.1, -0.05) is 34.5 Å². The zero-order valence-electron chi connectivity index (χ0n) is 11.1. The Morgan fingerprint density at radius 2 is 2.33 bits per heavy atom. The average molecular weight is 327 g/mol. The molecule has 1 atom stereocenters. The minimum absolute atomic E-state index is 0.255. The molecule has 3 rings (SSSR count). The van der Waals surface area contributed by atoms with E-state index < -0.39 is 0 Å². The number of carbonyl (C=O) groups is 1. The summed E-state index contributed by atoms with van der Waals surface area (Å²) in [5, 5.41) is 11.3. The lowest BCUT2D eigenvalue weighted by molar-refractivity contribution is 0.0919. The number of ether oxygens (including phenoxy) is 1. The molecule has 0 saturated carbocycles. The van der Waals surface area contributed by atoms with E-state index in [9.17, 15) is 4.79 Å². The van der Waals surface area contributed by atoms with Crippen LogP contribution in [0.2, 0.25) is 10.0 Å². The third-order valence-corrected chi connectivity index (χ3v) is 4.09. The standard InChI is InChI=1S/C13H12Cl2N4O2/c1-2-19-10(5-16-18-19)13(20)17-9-6-21-12-7(9)3-4-8(14)11(12)15/h3-5,9H,2,6H2,1H3,(H,17,20)/t9-/m0/s1. The van der Waals surface area contributed by atoms with Crippen molar-refractivity contribution >= 4 is 29.1 Å². The van der Waals surface area contributed by atoms with Crippen molar-refractivity contribution in [2.24, 2.45) is 0 Å². The maximum Gasteiger partial charge on any atom is 0.271 e. The molecule has 1 aromatic heterocycles. The van der Waals surface area contributed by atoms with Crippen LogP contribution in [-0.2, 0) is 6.54 Å². The Hall–Kier alpha value is -1.79. The summed E-state index contributed by atoms with van der Waals surface area (Å²) in [5.74, 6) is 0.269. The Morgan fingerprint density at radius 1 is 1.52 bits per heavy atom. The smallest absolute Gasteiger partial charge is 0.271 e. The van der Waals surface area contributed by atoms with Crippen LogP contribution in [0.15, 0.2) is 18.3 Å². The minimum Gasteiger partial charge on any atom is -0.489 e. The summed E-state index contributed by atoms with van der Waals surface area (Å²) in [4.78, 5) is 12.3. The molecule has 21 heavy (non-hydrogen) atoms. The van der Waals surface area contributed by atoms with Gasteiger partial charge in [0.1, 0.15) is 23.1 Å².